The lowest BCUT2D eigenvalue weighted by molar-refractivity contribution is 0.0783. The number of tetrazole rings is 1. The second-order valence-electron chi connectivity index (χ2n) is 4.48. The molecule has 23 heavy (non-hydrogen) atoms. The Bertz CT molecular complexity index is 819. The third-order valence-electron chi connectivity index (χ3n) is 3.03. The number of nitrogens with two attached hydrogens (primary N) is 1. The predicted molar refractivity (Wildman–Crippen MR) is 85.3 cm³/mol. The Morgan fingerprint density at radius 1 is 1.48 bits per heavy atom. The molecule has 0 fully saturated rings. The Morgan fingerprint density at radius 3 is 3.04 bits per heavy atom. The smallest absolute Gasteiger partial charge is 0.203 e. The average Bonchev–Trinajstić information content (AvgIpc) is 3.14. The lowest BCUT2D eigenvalue weighted by Crippen LogP contribution is -2.17. The van der Waals surface area contributed by atoms with Crippen molar-refractivity contribution in [3.8, 4) is 0 Å². The number of nitrogens with zero attached hydrogens (tertiary/aromatic N) is 7. The van der Waals surface area contributed by atoms with Crippen LogP contribution < -0.4 is 10.7 Å². The van der Waals surface area contributed by atoms with Crippen molar-refractivity contribution in [2.24, 2.45) is 5.16 Å². The largest absolute Gasteiger partial charge is 0.374 e. The molecule has 0 aliphatic carbocycles. The summed E-state index contributed by atoms with van der Waals surface area (Å²) in [6.45, 7) is 3.26. The molecule has 0 aliphatic rings. The van der Waals surface area contributed by atoms with Gasteiger partial charge < -0.3 is 5.73 Å². The molecule has 0 amide bonds. The summed E-state index contributed by atoms with van der Waals surface area (Å²) in [7, 11) is 0. The summed E-state index contributed by atoms with van der Waals surface area (Å²) < 4.78 is 4.21. The molecule has 1 aromatic carbocycles. The molecule has 118 valence electrons. The molecule has 11 heteroatoms. The van der Waals surface area contributed by atoms with Gasteiger partial charge in [0.05, 0.1) is 5.92 Å². The summed E-state index contributed by atoms with van der Waals surface area (Å²) in [6, 6.07) is 7.36. The zero-order valence-electron chi connectivity index (χ0n) is 11.7. The van der Waals surface area contributed by atoms with E-state index in [0.717, 1.165) is 21.9 Å². The highest BCUT2D eigenvalue weighted by atomic mass is 35.5. The van der Waals surface area contributed by atoms with Crippen LogP contribution in [-0.4, -0.2) is 36.4 Å². The van der Waals surface area contributed by atoms with E-state index in [4.69, 9.17) is 22.3 Å². The van der Waals surface area contributed by atoms with Crippen LogP contribution in [0, 0.1) is 0 Å². The molecule has 2 aromatic heterocycles. The molecule has 1 atom stereocenters. The maximum absolute atomic E-state index is 6.09. The second kappa shape index (κ2) is 6.67. The van der Waals surface area contributed by atoms with Crippen molar-refractivity contribution in [1.29, 1.82) is 0 Å². The minimum absolute atomic E-state index is 0.292. The molecule has 0 bridgehead atoms. The van der Waals surface area contributed by atoms with E-state index in [0.29, 0.717) is 28.2 Å². The minimum atomic E-state index is -0.292. The third kappa shape index (κ3) is 3.43. The number of hydrogen-bond donors (Lipinski definition) is 1. The number of oxime groups is 1. The zero-order valence-corrected chi connectivity index (χ0v) is 13.3. The Balaban J connectivity index is 2.02. The normalized spacial score (nSPS) is 12.0. The van der Waals surface area contributed by atoms with Gasteiger partial charge in [-0.15, -0.1) is 5.10 Å². The topological polar surface area (TPSA) is 117 Å². The molecule has 0 radical (unpaired) electrons. The van der Waals surface area contributed by atoms with E-state index < -0.39 is 0 Å². The van der Waals surface area contributed by atoms with Crippen molar-refractivity contribution >= 4 is 35.0 Å². The molecule has 0 saturated heterocycles. The maximum atomic E-state index is 6.09. The number of aromatic nitrogens is 6. The Hall–Kier alpha value is -2.59. The summed E-state index contributed by atoms with van der Waals surface area (Å²) in [5.74, 6) is 0.714. The summed E-state index contributed by atoms with van der Waals surface area (Å²) in [4.78, 5) is 10.2. The van der Waals surface area contributed by atoms with Crippen molar-refractivity contribution in [3.63, 3.8) is 0 Å². The fourth-order valence-corrected chi connectivity index (χ4v) is 2.78. The van der Waals surface area contributed by atoms with E-state index >= 15 is 0 Å². The third-order valence-corrected chi connectivity index (χ3v) is 3.85. The van der Waals surface area contributed by atoms with E-state index in [2.05, 4.69) is 36.8 Å². The number of anilines is 1. The number of nitrogen functional groups attached to an aromatic ring is 1. The fourth-order valence-electron chi connectivity index (χ4n) is 2.12. The molecule has 9 nitrogen and oxygen atoms in total. The van der Waals surface area contributed by atoms with Gasteiger partial charge in [-0.05, 0) is 33.0 Å². The van der Waals surface area contributed by atoms with E-state index in [9.17, 15) is 0 Å². The van der Waals surface area contributed by atoms with Gasteiger partial charge >= 0.3 is 0 Å². The molecular weight excluding hydrogens is 340 g/mol. The van der Waals surface area contributed by atoms with Crippen molar-refractivity contribution in [2.45, 2.75) is 12.3 Å². The van der Waals surface area contributed by atoms with E-state index in [-0.39, 0.29) is 5.92 Å². The van der Waals surface area contributed by atoms with Gasteiger partial charge in [0, 0.05) is 29.7 Å². The molecule has 0 saturated carbocycles. The number of hydrogen-bond acceptors (Lipinski definition) is 9. The number of rotatable bonds is 6. The van der Waals surface area contributed by atoms with Crippen LogP contribution in [0.2, 0.25) is 5.02 Å². The van der Waals surface area contributed by atoms with Gasteiger partial charge in [0.15, 0.2) is 5.13 Å². The molecule has 2 heterocycles. The lowest BCUT2D eigenvalue weighted by atomic mass is 9.94. The highest BCUT2D eigenvalue weighted by molar-refractivity contribution is 7.09. The van der Waals surface area contributed by atoms with E-state index in [1.165, 1.54) is 0 Å². The fraction of sp³-hybridized carbons (Fsp3) is 0.167. The van der Waals surface area contributed by atoms with Gasteiger partial charge in [0.2, 0.25) is 5.82 Å². The first-order valence-electron chi connectivity index (χ1n) is 6.42. The van der Waals surface area contributed by atoms with Crippen LogP contribution in [0.25, 0.3) is 0 Å². The van der Waals surface area contributed by atoms with E-state index in [1.807, 2.05) is 18.2 Å². The molecule has 3 rings (SSSR count). The first-order chi connectivity index (χ1) is 11.2. The Morgan fingerprint density at radius 2 is 2.35 bits per heavy atom. The molecule has 2 N–H and O–H groups in total. The van der Waals surface area contributed by atoms with Crippen molar-refractivity contribution < 1.29 is 4.94 Å². The molecule has 0 spiro atoms. The van der Waals surface area contributed by atoms with Crippen LogP contribution in [0.4, 0.5) is 5.13 Å². The highest BCUT2D eigenvalue weighted by Gasteiger charge is 2.25. The summed E-state index contributed by atoms with van der Waals surface area (Å²) in [6.07, 6.45) is 0.426. The average molecular weight is 351 g/mol. The second-order valence-corrected chi connectivity index (χ2v) is 5.70. The van der Waals surface area contributed by atoms with Gasteiger partial charge in [-0.2, -0.15) is 4.37 Å². The highest BCUT2D eigenvalue weighted by Crippen LogP contribution is 2.28. The lowest BCUT2D eigenvalue weighted by Gasteiger charge is -2.14. The van der Waals surface area contributed by atoms with Crippen molar-refractivity contribution in [3.05, 3.63) is 46.5 Å². The summed E-state index contributed by atoms with van der Waals surface area (Å²) in [5.41, 5.74) is 6.53. The van der Waals surface area contributed by atoms with Gasteiger partial charge in [0.25, 0.3) is 0 Å². The number of benzene rings is 1. The maximum Gasteiger partial charge on any atom is 0.203 e. The molecule has 0 aliphatic heterocycles. The van der Waals surface area contributed by atoms with Gasteiger partial charge in [-0.1, -0.05) is 28.9 Å². The SMILES string of the molecule is C=NOn1nnnc1C(Cc1nsc(N)n1)c1cccc(Cl)c1. The Kier molecular flexibility index (Phi) is 4.44. The molecule has 3 aromatic rings. The van der Waals surface area contributed by atoms with Gasteiger partial charge in [0.1, 0.15) is 5.82 Å². The van der Waals surface area contributed by atoms with Gasteiger partial charge in [-0.25, -0.2) is 9.92 Å². The Labute approximate surface area is 139 Å². The van der Waals surface area contributed by atoms with Crippen LogP contribution in [-0.2, 0) is 6.42 Å². The standard InChI is InChI=1S/C12H11ClN8OS/c1-15-22-21-11(17-19-20-21)9(6-10-16-12(14)23-18-10)7-3-2-4-8(13)5-7/h2-5,9H,1,6H2,(H2,14,16,18). The van der Waals surface area contributed by atoms with E-state index in [1.54, 1.807) is 6.07 Å². The minimum Gasteiger partial charge on any atom is -0.374 e. The van der Waals surface area contributed by atoms with Crippen LogP contribution in [0.1, 0.15) is 23.1 Å². The number of halogens is 1. The van der Waals surface area contributed by atoms with Crippen LogP contribution in [0.15, 0.2) is 29.4 Å². The first-order valence-corrected chi connectivity index (χ1v) is 7.58. The molecular formula is C12H11ClN8OS. The summed E-state index contributed by atoms with van der Waals surface area (Å²) >= 11 is 7.22. The zero-order chi connectivity index (χ0) is 16.2. The quantitative estimate of drug-likeness (QED) is 0.524. The van der Waals surface area contributed by atoms with Crippen molar-refractivity contribution in [2.75, 3.05) is 5.73 Å². The van der Waals surface area contributed by atoms with Crippen LogP contribution in [0.3, 0.4) is 0 Å². The first kappa shape index (κ1) is 15.3. The van der Waals surface area contributed by atoms with Gasteiger partial charge in [-0.3, -0.25) is 0 Å². The van der Waals surface area contributed by atoms with Crippen LogP contribution in [0.5, 0.6) is 0 Å². The summed E-state index contributed by atoms with van der Waals surface area (Å²) in [5, 5.41) is 15.7. The van der Waals surface area contributed by atoms with Crippen molar-refractivity contribution in [1.82, 2.24) is 29.7 Å². The predicted octanol–water partition coefficient (Wildman–Crippen LogP) is 1.18. The van der Waals surface area contributed by atoms with Crippen LogP contribution >= 0.6 is 23.1 Å². The molecule has 1 unspecified atom stereocenters. The monoisotopic (exact) mass is 350 g/mol.